The van der Waals surface area contributed by atoms with Crippen molar-refractivity contribution in [3.8, 4) is 5.75 Å². The van der Waals surface area contributed by atoms with E-state index >= 15 is 0 Å². The number of amides is 2. The molecule has 0 bridgehead atoms. The van der Waals surface area contributed by atoms with Gasteiger partial charge in [-0.25, -0.2) is 4.79 Å². The Balaban J connectivity index is 1.94. The van der Waals surface area contributed by atoms with Crippen molar-refractivity contribution in [2.75, 3.05) is 18.1 Å². The first-order valence-electron chi connectivity index (χ1n) is 9.27. The maximum absolute atomic E-state index is 13.2. The summed E-state index contributed by atoms with van der Waals surface area (Å²) in [5, 5.41) is 2.82. The Morgan fingerprint density at radius 2 is 1.94 bits per heavy atom. The highest BCUT2D eigenvalue weighted by atomic mass is 79.9. The number of hydrogen-bond acceptors (Lipinski definition) is 6. The SMILES string of the molecule is CCOC(=O)COc1c(Cl)cc(/C=C2\C(=O)NC(=S)N(c3cccc(Cl)c3Cl)C2=O)cc1Br. The molecule has 0 aromatic heterocycles. The molecule has 0 aliphatic carbocycles. The minimum Gasteiger partial charge on any atom is -0.479 e. The van der Waals surface area contributed by atoms with Gasteiger partial charge in [0.25, 0.3) is 11.8 Å². The van der Waals surface area contributed by atoms with Crippen LogP contribution in [-0.2, 0) is 19.1 Å². The van der Waals surface area contributed by atoms with Gasteiger partial charge in [0.15, 0.2) is 17.5 Å². The van der Waals surface area contributed by atoms with Crippen LogP contribution in [0.1, 0.15) is 12.5 Å². The molecule has 33 heavy (non-hydrogen) atoms. The third-order valence-corrected chi connectivity index (χ3v) is 6.21. The van der Waals surface area contributed by atoms with Crippen molar-refractivity contribution >= 4 is 97.6 Å². The molecule has 0 saturated carbocycles. The molecule has 1 aliphatic rings. The van der Waals surface area contributed by atoms with Crippen molar-refractivity contribution in [3.63, 3.8) is 0 Å². The number of nitrogens with zero attached hydrogens (tertiary/aromatic N) is 1. The van der Waals surface area contributed by atoms with Gasteiger partial charge in [-0.15, -0.1) is 0 Å². The minimum absolute atomic E-state index is 0.110. The summed E-state index contributed by atoms with van der Waals surface area (Å²) in [5.74, 6) is -1.72. The van der Waals surface area contributed by atoms with Crippen molar-refractivity contribution in [3.05, 3.63) is 61.0 Å². The monoisotopic (exact) mass is 590 g/mol. The Hall–Kier alpha value is -2.17. The van der Waals surface area contributed by atoms with E-state index in [0.29, 0.717) is 10.0 Å². The topological polar surface area (TPSA) is 84.9 Å². The van der Waals surface area contributed by atoms with Gasteiger partial charge in [-0.2, -0.15) is 0 Å². The zero-order valence-corrected chi connectivity index (χ0v) is 21.5. The molecule has 0 radical (unpaired) electrons. The van der Waals surface area contributed by atoms with E-state index in [0.717, 1.165) is 4.90 Å². The fraction of sp³-hybridized carbons (Fsp3) is 0.143. The molecule has 1 N–H and O–H groups in total. The van der Waals surface area contributed by atoms with Crippen LogP contribution >= 0.6 is 63.0 Å². The summed E-state index contributed by atoms with van der Waals surface area (Å²) in [6.45, 7) is 1.57. The van der Waals surface area contributed by atoms with Crippen LogP contribution in [-0.4, -0.2) is 36.1 Å². The number of anilines is 1. The lowest BCUT2D eigenvalue weighted by atomic mass is 10.1. The van der Waals surface area contributed by atoms with Crippen molar-refractivity contribution in [2.45, 2.75) is 6.92 Å². The molecule has 7 nitrogen and oxygen atoms in total. The van der Waals surface area contributed by atoms with Gasteiger partial charge < -0.3 is 9.47 Å². The molecule has 0 spiro atoms. The molecule has 2 amide bonds. The highest BCUT2D eigenvalue weighted by Gasteiger charge is 2.35. The second-order valence-electron chi connectivity index (χ2n) is 6.44. The lowest BCUT2D eigenvalue weighted by Crippen LogP contribution is -2.54. The van der Waals surface area contributed by atoms with Crippen LogP contribution in [0.5, 0.6) is 5.75 Å². The van der Waals surface area contributed by atoms with Crippen LogP contribution in [0.25, 0.3) is 6.08 Å². The molecule has 1 aliphatic heterocycles. The number of benzene rings is 2. The Labute approximate surface area is 217 Å². The Bertz CT molecular complexity index is 1180. The highest BCUT2D eigenvalue weighted by Crippen LogP contribution is 2.37. The minimum atomic E-state index is -0.692. The molecule has 0 unspecified atom stereocenters. The fourth-order valence-electron chi connectivity index (χ4n) is 2.84. The van der Waals surface area contributed by atoms with E-state index in [1.807, 2.05) is 0 Å². The van der Waals surface area contributed by atoms with Crippen LogP contribution in [0.2, 0.25) is 15.1 Å². The van der Waals surface area contributed by atoms with Crippen molar-refractivity contribution in [1.29, 1.82) is 0 Å². The number of carbonyl (C=O) groups excluding carboxylic acids is 3. The zero-order chi connectivity index (χ0) is 24.3. The largest absolute Gasteiger partial charge is 0.479 e. The molecule has 1 saturated heterocycles. The number of carbonyl (C=O) groups is 3. The smallest absolute Gasteiger partial charge is 0.344 e. The third-order valence-electron chi connectivity index (χ3n) is 4.25. The zero-order valence-electron chi connectivity index (χ0n) is 16.8. The molecular formula is C21H14BrCl3N2O5S. The first kappa shape index (κ1) is 25.5. The summed E-state index contributed by atoms with van der Waals surface area (Å²) in [4.78, 5) is 38.3. The molecule has 1 fully saturated rings. The number of hydrogen-bond donors (Lipinski definition) is 1. The van der Waals surface area contributed by atoms with Gasteiger partial charge in [-0.05, 0) is 71.0 Å². The average Bonchev–Trinajstić information content (AvgIpc) is 2.73. The third kappa shape index (κ3) is 5.67. The van der Waals surface area contributed by atoms with E-state index < -0.39 is 17.8 Å². The standard InChI is InChI=1S/C21H14BrCl3N2O5S/c1-2-31-16(28)9-32-18-12(22)7-10(8-14(18)24)6-11-19(29)26-21(33)27(20(11)30)15-5-3-4-13(23)17(15)25/h3-8H,2,9H2,1H3,(H,26,29,33)/b11-6+. The number of rotatable bonds is 6. The van der Waals surface area contributed by atoms with E-state index in [-0.39, 0.29) is 50.4 Å². The van der Waals surface area contributed by atoms with Gasteiger partial charge in [0.1, 0.15) is 5.57 Å². The maximum Gasteiger partial charge on any atom is 0.344 e. The fourth-order valence-corrected chi connectivity index (χ4v) is 4.49. The van der Waals surface area contributed by atoms with E-state index in [4.69, 9.17) is 56.5 Å². The molecule has 0 atom stereocenters. The Morgan fingerprint density at radius 3 is 2.61 bits per heavy atom. The summed E-state index contributed by atoms with van der Waals surface area (Å²) in [5.41, 5.74) is 0.439. The summed E-state index contributed by atoms with van der Waals surface area (Å²) in [7, 11) is 0. The van der Waals surface area contributed by atoms with Gasteiger partial charge in [0.2, 0.25) is 0 Å². The maximum atomic E-state index is 13.2. The summed E-state index contributed by atoms with van der Waals surface area (Å²) in [6, 6.07) is 7.76. The molecule has 12 heteroatoms. The normalized spacial score (nSPS) is 15.0. The number of ether oxygens (including phenoxy) is 2. The molecule has 3 rings (SSSR count). The lowest BCUT2D eigenvalue weighted by molar-refractivity contribution is -0.145. The predicted molar refractivity (Wildman–Crippen MR) is 134 cm³/mol. The first-order chi connectivity index (χ1) is 15.6. The second-order valence-corrected chi connectivity index (χ2v) is 8.87. The number of thiocarbonyl (C=S) groups is 1. The number of halogens is 4. The van der Waals surface area contributed by atoms with Gasteiger partial charge in [0.05, 0.1) is 31.8 Å². The first-order valence-corrected chi connectivity index (χ1v) is 11.6. The van der Waals surface area contributed by atoms with E-state index in [9.17, 15) is 14.4 Å². The molecule has 2 aromatic rings. The second kappa shape index (κ2) is 10.8. The number of esters is 1. The van der Waals surface area contributed by atoms with Crippen molar-refractivity contribution in [2.24, 2.45) is 0 Å². The van der Waals surface area contributed by atoms with Gasteiger partial charge in [-0.3, -0.25) is 19.8 Å². The summed E-state index contributed by atoms with van der Waals surface area (Å²) >= 11 is 27.1. The van der Waals surface area contributed by atoms with Gasteiger partial charge in [0, 0.05) is 0 Å². The predicted octanol–water partition coefficient (Wildman–Crippen LogP) is 5.18. The Kier molecular flexibility index (Phi) is 8.36. The lowest BCUT2D eigenvalue weighted by Gasteiger charge is -2.29. The molecular weight excluding hydrogens is 579 g/mol. The van der Waals surface area contributed by atoms with Crippen molar-refractivity contribution in [1.82, 2.24) is 5.32 Å². The van der Waals surface area contributed by atoms with Crippen LogP contribution in [0, 0.1) is 0 Å². The van der Waals surface area contributed by atoms with Crippen LogP contribution in [0.3, 0.4) is 0 Å². The van der Waals surface area contributed by atoms with Crippen LogP contribution in [0.4, 0.5) is 5.69 Å². The van der Waals surface area contributed by atoms with Crippen LogP contribution < -0.4 is 15.0 Å². The summed E-state index contributed by atoms with van der Waals surface area (Å²) < 4.78 is 10.6. The molecule has 2 aromatic carbocycles. The highest BCUT2D eigenvalue weighted by molar-refractivity contribution is 9.10. The number of nitrogens with one attached hydrogen (secondary N) is 1. The van der Waals surface area contributed by atoms with E-state index in [1.165, 1.54) is 12.1 Å². The quantitative estimate of drug-likeness (QED) is 0.215. The van der Waals surface area contributed by atoms with Gasteiger partial charge >= 0.3 is 5.97 Å². The average molecular weight is 593 g/mol. The van der Waals surface area contributed by atoms with Gasteiger partial charge in [-0.1, -0.05) is 40.9 Å². The van der Waals surface area contributed by atoms with E-state index in [1.54, 1.807) is 31.2 Å². The molecule has 172 valence electrons. The van der Waals surface area contributed by atoms with E-state index in [2.05, 4.69) is 21.2 Å². The summed E-state index contributed by atoms with van der Waals surface area (Å²) in [6.07, 6.45) is 1.34. The Morgan fingerprint density at radius 1 is 1.21 bits per heavy atom. The van der Waals surface area contributed by atoms with Crippen molar-refractivity contribution < 1.29 is 23.9 Å². The van der Waals surface area contributed by atoms with Crippen LogP contribution in [0.15, 0.2) is 40.4 Å². The molecule has 1 heterocycles.